The van der Waals surface area contributed by atoms with Gasteiger partial charge in [0.15, 0.2) is 5.69 Å². The predicted molar refractivity (Wildman–Crippen MR) is 130 cm³/mol. The molecule has 2 fully saturated rings. The Bertz CT molecular complexity index is 1500. The number of carbonyl (C=O) groups excluding carboxylic acids is 2. The van der Waals surface area contributed by atoms with Crippen LogP contribution in [0.2, 0.25) is 0 Å². The SMILES string of the molecule is C=CC(=O)N1C[C@@H](n2nc(C#Cc3cc4ncn(C5CC5)c4cc3F)c(C(N)=O)c2N)C/C1=C\OC. The van der Waals surface area contributed by atoms with Gasteiger partial charge in [-0.15, -0.1) is 0 Å². The normalized spacial score (nSPS) is 18.3. The van der Waals surface area contributed by atoms with Gasteiger partial charge in [0.05, 0.1) is 41.8 Å². The number of primary amides is 1. The minimum absolute atomic E-state index is 0.0144. The number of rotatable bonds is 5. The Morgan fingerprint density at radius 1 is 1.28 bits per heavy atom. The molecule has 1 aliphatic heterocycles. The zero-order valence-electron chi connectivity index (χ0n) is 19.6. The number of hydrogen-bond donors (Lipinski definition) is 2. The molecule has 1 saturated carbocycles. The van der Waals surface area contributed by atoms with Gasteiger partial charge in [-0.3, -0.25) is 9.59 Å². The van der Waals surface area contributed by atoms with Crippen molar-refractivity contribution in [3.05, 3.63) is 65.7 Å². The molecule has 1 atom stereocenters. The molecule has 2 aromatic heterocycles. The van der Waals surface area contributed by atoms with E-state index in [1.165, 1.54) is 35.1 Å². The maximum absolute atomic E-state index is 14.9. The lowest BCUT2D eigenvalue weighted by Crippen LogP contribution is -2.27. The fraction of sp³-hybridized carbons (Fsp3) is 0.280. The highest BCUT2D eigenvalue weighted by Crippen LogP contribution is 2.37. The number of benzene rings is 1. The van der Waals surface area contributed by atoms with E-state index in [2.05, 4.69) is 28.5 Å². The van der Waals surface area contributed by atoms with Crippen molar-refractivity contribution >= 4 is 28.7 Å². The second-order valence-corrected chi connectivity index (χ2v) is 8.73. The standard InChI is InChI=1S/C25H24FN7O3/c1-3-22(34)31-11-16(9-17(31)12-36-2)33-24(27)23(25(28)35)19(30-33)7-4-14-8-20-21(10-18(14)26)32(13-29-20)15-5-6-15/h3,8,10,12-13,15-16H,1,5-6,9,11,27H2,2H3,(H2,28,35)/b17-12+/t16-/m0/s1. The van der Waals surface area contributed by atoms with Crippen molar-refractivity contribution in [3.63, 3.8) is 0 Å². The van der Waals surface area contributed by atoms with Gasteiger partial charge in [0.1, 0.15) is 23.5 Å². The highest BCUT2D eigenvalue weighted by molar-refractivity contribution is 5.99. The summed E-state index contributed by atoms with van der Waals surface area (Å²) in [5.74, 6) is 3.88. The van der Waals surface area contributed by atoms with E-state index in [0.717, 1.165) is 12.8 Å². The number of fused-ring (bicyclic) bond motifs is 1. The summed E-state index contributed by atoms with van der Waals surface area (Å²) in [4.78, 5) is 30.3. The Morgan fingerprint density at radius 2 is 2.06 bits per heavy atom. The van der Waals surface area contributed by atoms with Gasteiger partial charge in [-0.2, -0.15) is 5.10 Å². The third-order valence-electron chi connectivity index (χ3n) is 6.34. The van der Waals surface area contributed by atoms with Crippen LogP contribution in [0.5, 0.6) is 0 Å². The number of hydrogen-bond acceptors (Lipinski definition) is 6. The van der Waals surface area contributed by atoms with E-state index in [-0.39, 0.29) is 35.1 Å². The van der Waals surface area contributed by atoms with Gasteiger partial charge >= 0.3 is 0 Å². The van der Waals surface area contributed by atoms with E-state index in [1.54, 1.807) is 12.4 Å². The van der Waals surface area contributed by atoms with Gasteiger partial charge in [0, 0.05) is 25.1 Å². The van der Waals surface area contributed by atoms with E-state index in [1.807, 2.05) is 4.57 Å². The number of nitrogens with two attached hydrogens (primary N) is 2. The third-order valence-corrected chi connectivity index (χ3v) is 6.34. The number of aromatic nitrogens is 4. The molecule has 184 valence electrons. The molecule has 10 nitrogen and oxygen atoms in total. The molecule has 1 aliphatic carbocycles. The molecule has 1 aromatic carbocycles. The average molecular weight is 490 g/mol. The number of allylic oxidation sites excluding steroid dienone is 1. The maximum atomic E-state index is 14.9. The second kappa shape index (κ2) is 8.88. The second-order valence-electron chi connectivity index (χ2n) is 8.73. The van der Waals surface area contributed by atoms with Crippen molar-refractivity contribution < 1.29 is 18.7 Å². The summed E-state index contributed by atoms with van der Waals surface area (Å²) in [5, 5.41) is 4.41. The van der Waals surface area contributed by atoms with E-state index >= 15 is 0 Å². The van der Waals surface area contributed by atoms with Crippen LogP contribution in [-0.4, -0.2) is 49.7 Å². The number of anilines is 1. The van der Waals surface area contributed by atoms with Crippen LogP contribution in [0.1, 0.15) is 53.0 Å². The molecular formula is C25H24FN7O3. The third kappa shape index (κ3) is 3.96. The highest BCUT2D eigenvalue weighted by atomic mass is 19.1. The summed E-state index contributed by atoms with van der Waals surface area (Å²) in [6, 6.07) is 2.95. The van der Waals surface area contributed by atoms with Crippen molar-refractivity contribution in [2.24, 2.45) is 5.73 Å². The zero-order valence-corrected chi connectivity index (χ0v) is 19.6. The number of nitrogens with zero attached hydrogens (tertiary/aromatic N) is 5. The van der Waals surface area contributed by atoms with Crippen molar-refractivity contribution in [2.45, 2.75) is 31.3 Å². The molecule has 0 unspecified atom stereocenters. The number of amides is 2. The smallest absolute Gasteiger partial charge is 0.255 e. The summed E-state index contributed by atoms with van der Waals surface area (Å²) in [7, 11) is 1.48. The van der Waals surface area contributed by atoms with E-state index in [4.69, 9.17) is 16.2 Å². The Morgan fingerprint density at radius 3 is 2.72 bits per heavy atom. The summed E-state index contributed by atoms with van der Waals surface area (Å²) >= 11 is 0. The number of ether oxygens (including phenoxy) is 1. The van der Waals surface area contributed by atoms with Crippen LogP contribution >= 0.6 is 0 Å². The lowest BCUT2D eigenvalue weighted by molar-refractivity contribution is -0.123. The topological polar surface area (TPSA) is 134 Å². The Labute approximate surface area is 206 Å². The van der Waals surface area contributed by atoms with Gasteiger partial charge < -0.3 is 25.7 Å². The van der Waals surface area contributed by atoms with Crippen LogP contribution in [0, 0.1) is 17.7 Å². The molecule has 2 amide bonds. The Kier molecular flexibility index (Phi) is 5.72. The number of methoxy groups -OCH3 is 1. The van der Waals surface area contributed by atoms with Gasteiger partial charge in [0.25, 0.3) is 5.91 Å². The van der Waals surface area contributed by atoms with Crippen LogP contribution in [-0.2, 0) is 9.53 Å². The number of nitrogen functional groups attached to an aromatic ring is 1. The average Bonchev–Trinajstić information content (AvgIpc) is 3.34. The molecule has 11 heteroatoms. The summed E-state index contributed by atoms with van der Waals surface area (Å²) in [6.45, 7) is 3.75. The molecule has 36 heavy (non-hydrogen) atoms. The van der Waals surface area contributed by atoms with Crippen LogP contribution in [0.25, 0.3) is 11.0 Å². The number of halogens is 1. The van der Waals surface area contributed by atoms with Crippen molar-refractivity contribution in [3.8, 4) is 11.8 Å². The maximum Gasteiger partial charge on any atom is 0.255 e. The molecule has 2 aliphatic rings. The first-order valence-electron chi connectivity index (χ1n) is 11.3. The largest absolute Gasteiger partial charge is 0.503 e. The number of carbonyl (C=O) groups is 2. The van der Waals surface area contributed by atoms with Crippen LogP contribution in [0.3, 0.4) is 0 Å². The highest BCUT2D eigenvalue weighted by Gasteiger charge is 2.34. The monoisotopic (exact) mass is 489 g/mol. The predicted octanol–water partition coefficient (Wildman–Crippen LogP) is 2.23. The van der Waals surface area contributed by atoms with E-state index in [0.29, 0.717) is 29.2 Å². The lowest BCUT2D eigenvalue weighted by Gasteiger charge is -2.16. The molecule has 5 rings (SSSR count). The van der Waals surface area contributed by atoms with Gasteiger partial charge in [-0.05, 0) is 30.9 Å². The molecule has 3 aromatic rings. The Hall–Kier alpha value is -4.59. The quantitative estimate of drug-likeness (QED) is 0.321. The molecular weight excluding hydrogens is 465 g/mol. The van der Waals surface area contributed by atoms with Crippen LogP contribution in [0.15, 0.2) is 43.1 Å². The van der Waals surface area contributed by atoms with Gasteiger partial charge in [-0.1, -0.05) is 12.5 Å². The zero-order chi connectivity index (χ0) is 25.6. The summed E-state index contributed by atoms with van der Waals surface area (Å²) in [5.41, 5.74) is 13.8. The first-order chi connectivity index (χ1) is 17.3. The fourth-order valence-electron chi connectivity index (χ4n) is 4.47. The van der Waals surface area contributed by atoms with Crippen LogP contribution in [0.4, 0.5) is 10.2 Å². The van der Waals surface area contributed by atoms with E-state index in [9.17, 15) is 14.0 Å². The molecule has 0 bridgehead atoms. The molecule has 0 radical (unpaired) electrons. The van der Waals surface area contributed by atoms with Gasteiger partial charge in [0.2, 0.25) is 5.91 Å². The molecule has 4 N–H and O–H groups in total. The Balaban J connectivity index is 1.51. The summed E-state index contributed by atoms with van der Waals surface area (Å²) in [6.07, 6.45) is 6.83. The fourth-order valence-corrected chi connectivity index (χ4v) is 4.47. The summed E-state index contributed by atoms with van der Waals surface area (Å²) < 4.78 is 23.3. The first kappa shape index (κ1) is 23.2. The van der Waals surface area contributed by atoms with Crippen molar-refractivity contribution in [2.75, 3.05) is 19.4 Å². The lowest BCUT2D eigenvalue weighted by atomic mass is 10.1. The minimum Gasteiger partial charge on any atom is -0.503 e. The van der Waals surface area contributed by atoms with E-state index < -0.39 is 17.8 Å². The number of imidazole rings is 1. The van der Waals surface area contributed by atoms with Crippen LogP contribution < -0.4 is 11.5 Å². The van der Waals surface area contributed by atoms with Crippen molar-refractivity contribution in [1.82, 2.24) is 24.2 Å². The molecule has 0 spiro atoms. The van der Waals surface area contributed by atoms with Gasteiger partial charge in [-0.25, -0.2) is 14.1 Å². The van der Waals surface area contributed by atoms with Crippen molar-refractivity contribution in [1.29, 1.82) is 0 Å². The first-order valence-corrected chi connectivity index (χ1v) is 11.3. The number of likely N-dealkylation sites (tertiary alicyclic amines) is 1. The minimum atomic E-state index is -0.813. The molecule has 3 heterocycles. The molecule has 1 saturated heterocycles.